The number of furan rings is 1. The van der Waals surface area contributed by atoms with Crippen LogP contribution in [0.25, 0.3) is 11.3 Å². The molecule has 0 atom stereocenters. The second-order valence-electron chi connectivity index (χ2n) is 3.62. The van der Waals surface area contributed by atoms with Crippen LogP contribution in [0, 0.1) is 0 Å². The van der Waals surface area contributed by atoms with E-state index in [1.165, 1.54) is 18.4 Å². The summed E-state index contributed by atoms with van der Waals surface area (Å²) in [5.41, 5.74) is 0.786. The van der Waals surface area contributed by atoms with Crippen molar-refractivity contribution in [1.29, 1.82) is 0 Å². The van der Waals surface area contributed by atoms with Crippen molar-refractivity contribution in [2.24, 2.45) is 0 Å². The predicted octanol–water partition coefficient (Wildman–Crippen LogP) is 1.38. The van der Waals surface area contributed by atoms with Gasteiger partial charge in [0.25, 0.3) is 15.9 Å². The minimum Gasteiger partial charge on any atom is -0.464 e. The maximum Gasteiger partial charge on any atom is 0.266 e. The number of amides is 1. The third-order valence-corrected chi connectivity index (χ3v) is 3.92. The van der Waals surface area contributed by atoms with E-state index in [1.807, 2.05) is 4.72 Å². The van der Waals surface area contributed by atoms with Gasteiger partial charge in [0.05, 0.1) is 11.8 Å². The predicted molar refractivity (Wildman–Crippen MR) is 58.8 cm³/mol. The summed E-state index contributed by atoms with van der Waals surface area (Å²) in [5, 5.41) is 0. The normalized spacial score (nSPS) is 16.6. The fourth-order valence-corrected chi connectivity index (χ4v) is 2.96. The molecule has 6 heteroatoms. The Morgan fingerprint density at radius 2 is 2.00 bits per heavy atom. The first-order chi connectivity index (χ1) is 8.08. The molecule has 5 nitrogen and oxygen atoms in total. The average Bonchev–Trinajstić information content (AvgIpc) is 2.87. The molecule has 0 spiro atoms. The Morgan fingerprint density at radius 3 is 2.71 bits per heavy atom. The second kappa shape index (κ2) is 3.21. The minimum atomic E-state index is -3.71. The van der Waals surface area contributed by atoms with Crippen LogP contribution in [0.5, 0.6) is 0 Å². The molecule has 0 saturated carbocycles. The van der Waals surface area contributed by atoms with E-state index in [-0.39, 0.29) is 10.5 Å². The lowest BCUT2D eigenvalue weighted by atomic mass is 10.1. The molecule has 17 heavy (non-hydrogen) atoms. The van der Waals surface area contributed by atoms with Gasteiger partial charge in [-0.2, -0.15) is 0 Å². The van der Waals surface area contributed by atoms with Gasteiger partial charge in [-0.25, -0.2) is 13.1 Å². The molecule has 1 N–H and O–H groups in total. The number of hydrogen-bond donors (Lipinski definition) is 1. The number of carbonyl (C=O) groups is 1. The van der Waals surface area contributed by atoms with Gasteiger partial charge in [0.15, 0.2) is 0 Å². The first-order valence-corrected chi connectivity index (χ1v) is 6.31. The van der Waals surface area contributed by atoms with Crippen molar-refractivity contribution in [3.63, 3.8) is 0 Å². The number of carbonyl (C=O) groups excluding carboxylic acids is 1. The molecule has 1 amide bonds. The Morgan fingerprint density at radius 1 is 1.18 bits per heavy atom. The molecule has 3 rings (SSSR count). The van der Waals surface area contributed by atoms with Crippen LogP contribution in [0.1, 0.15) is 10.4 Å². The fourth-order valence-electron chi connectivity index (χ4n) is 1.76. The topological polar surface area (TPSA) is 76.4 Å². The van der Waals surface area contributed by atoms with Crippen molar-refractivity contribution in [3.8, 4) is 11.3 Å². The van der Waals surface area contributed by atoms with E-state index in [1.54, 1.807) is 18.2 Å². The molecule has 0 fully saturated rings. The first kappa shape index (κ1) is 10.1. The fraction of sp³-hybridized carbons (Fsp3) is 0. The third kappa shape index (κ3) is 1.45. The monoisotopic (exact) mass is 249 g/mol. The van der Waals surface area contributed by atoms with E-state index < -0.39 is 15.9 Å². The first-order valence-electron chi connectivity index (χ1n) is 4.83. The molecule has 86 valence electrons. The molecule has 1 aromatic carbocycles. The van der Waals surface area contributed by atoms with Crippen LogP contribution in [0.4, 0.5) is 0 Å². The quantitative estimate of drug-likeness (QED) is 0.828. The maximum atomic E-state index is 11.6. The van der Waals surface area contributed by atoms with Crippen LogP contribution >= 0.6 is 0 Å². The SMILES string of the molecule is O=C1NS(=O)(=O)c2cc(-c3ccco3)ccc21. The molecular formula is C11H7NO4S. The van der Waals surface area contributed by atoms with Gasteiger partial charge < -0.3 is 4.42 Å². The third-order valence-electron chi connectivity index (χ3n) is 2.55. The van der Waals surface area contributed by atoms with E-state index in [2.05, 4.69) is 0 Å². The smallest absolute Gasteiger partial charge is 0.266 e. The standard InChI is InChI=1S/C11H7NO4S/c13-11-8-4-3-7(9-2-1-5-16-9)6-10(8)17(14,15)12-11/h1-6H,(H,12,13). The number of nitrogens with one attached hydrogen (secondary N) is 1. The molecule has 0 saturated heterocycles. The lowest BCUT2D eigenvalue weighted by Gasteiger charge is -1.99. The van der Waals surface area contributed by atoms with Gasteiger partial charge in [0, 0.05) is 5.56 Å². The van der Waals surface area contributed by atoms with Crippen molar-refractivity contribution in [2.45, 2.75) is 4.90 Å². The van der Waals surface area contributed by atoms with Crippen LogP contribution in [0.15, 0.2) is 45.9 Å². The van der Waals surface area contributed by atoms with Crippen molar-refractivity contribution < 1.29 is 17.6 Å². The summed E-state index contributed by atoms with van der Waals surface area (Å²) in [6, 6.07) is 7.99. The van der Waals surface area contributed by atoms with E-state index in [0.29, 0.717) is 11.3 Å². The van der Waals surface area contributed by atoms with Crippen molar-refractivity contribution >= 4 is 15.9 Å². The molecule has 0 unspecified atom stereocenters. The largest absolute Gasteiger partial charge is 0.464 e. The molecule has 2 heterocycles. The van der Waals surface area contributed by atoms with Gasteiger partial charge in [0.1, 0.15) is 10.7 Å². The zero-order valence-electron chi connectivity index (χ0n) is 8.51. The molecular weight excluding hydrogens is 242 g/mol. The average molecular weight is 249 g/mol. The summed E-state index contributed by atoms with van der Waals surface area (Å²) < 4.78 is 30.4. The van der Waals surface area contributed by atoms with E-state index in [4.69, 9.17) is 4.42 Å². The number of fused-ring (bicyclic) bond motifs is 1. The Labute approximate surface area is 97.1 Å². The highest BCUT2D eigenvalue weighted by Gasteiger charge is 2.32. The molecule has 1 aliphatic rings. The number of benzene rings is 1. The Bertz CT molecular complexity index is 701. The van der Waals surface area contributed by atoms with Crippen LogP contribution in [0.2, 0.25) is 0 Å². The van der Waals surface area contributed by atoms with Gasteiger partial charge in [0.2, 0.25) is 0 Å². The zero-order chi connectivity index (χ0) is 12.0. The van der Waals surface area contributed by atoms with E-state index in [0.717, 1.165) is 0 Å². The molecule has 2 aromatic rings. The van der Waals surface area contributed by atoms with Crippen LogP contribution in [-0.4, -0.2) is 14.3 Å². The summed E-state index contributed by atoms with van der Waals surface area (Å²) in [6.45, 7) is 0. The summed E-state index contributed by atoms with van der Waals surface area (Å²) in [7, 11) is -3.71. The van der Waals surface area contributed by atoms with Gasteiger partial charge in [-0.05, 0) is 24.3 Å². The van der Waals surface area contributed by atoms with E-state index >= 15 is 0 Å². The Kier molecular flexibility index (Phi) is 1.90. The van der Waals surface area contributed by atoms with Crippen molar-refractivity contribution in [1.82, 2.24) is 4.72 Å². The highest BCUT2D eigenvalue weighted by molar-refractivity contribution is 7.90. The summed E-state index contributed by atoms with van der Waals surface area (Å²) in [6.07, 6.45) is 1.50. The lowest BCUT2D eigenvalue weighted by molar-refractivity contribution is 0.0985. The highest BCUT2D eigenvalue weighted by Crippen LogP contribution is 2.28. The van der Waals surface area contributed by atoms with Gasteiger partial charge in [-0.1, -0.05) is 6.07 Å². The zero-order valence-corrected chi connectivity index (χ0v) is 9.32. The van der Waals surface area contributed by atoms with E-state index in [9.17, 15) is 13.2 Å². The number of hydrogen-bond acceptors (Lipinski definition) is 4. The molecule has 0 radical (unpaired) electrons. The summed E-state index contributed by atoms with van der Waals surface area (Å²) in [4.78, 5) is 11.4. The maximum absolute atomic E-state index is 11.6. The highest BCUT2D eigenvalue weighted by atomic mass is 32.2. The lowest BCUT2D eigenvalue weighted by Crippen LogP contribution is -2.20. The molecule has 0 bridgehead atoms. The van der Waals surface area contributed by atoms with Gasteiger partial charge in [-0.3, -0.25) is 4.79 Å². The number of sulfonamides is 1. The van der Waals surface area contributed by atoms with Gasteiger partial charge in [-0.15, -0.1) is 0 Å². The minimum absolute atomic E-state index is 0.00333. The summed E-state index contributed by atoms with van der Waals surface area (Å²) >= 11 is 0. The number of rotatable bonds is 1. The second-order valence-corrected chi connectivity index (χ2v) is 5.27. The molecule has 1 aliphatic heterocycles. The Hall–Kier alpha value is -2.08. The van der Waals surface area contributed by atoms with Crippen molar-refractivity contribution in [2.75, 3.05) is 0 Å². The molecule has 0 aliphatic carbocycles. The van der Waals surface area contributed by atoms with Crippen LogP contribution < -0.4 is 4.72 Å². The molecule has 1 aromatic heterocycles. The Balaban J connectivity index is 2.24. The van der Waals surface area contributed by atoms with Crippen LogP contribution in [-0.2, 0) is 10.0 Å². The van der Waals surface area contributed by atoms with Crippen LogP contribution in [0.3, 0.4) is 0 Å². The van der Waals surface area contributed by atoms with Crippen molar-refractivity contribution in [3.05, 3.63) is 42.2 Å². The van der Waals surface area contributed by atoms with Gasteiger partial charge >= 0.3 is 0 Å². The summed E-state index contributed by atoms with van der Waals surface area (Å²) in [5.74, 6) is -0.0339.